The third kappa shape index (κ3) is 6.39. The van der Waals surface area contributed by atoms with Crippen LogP contribution in [0.25, 0.3) is 0 Å². The van der Waals surface area contributed by atoms with Gasteiger partial charge in [0.15, 0.2) is 0 Å². The number of nitrogen functional groups attached to an aromatic ring is 1. The first kappa shape index (κ1) is 24.6. The first-order chi connectivity index (χ1) is 11.4. The van der Waals surface area contributed by atoms with Crippen molar-refractivity contribution in [3.05, 3.63) is 22.7 Å². The zero-order chi connectivity index (χ0) is 17.7. The van der Waals surface area contributed by atoms with E-state index in [9.17, 15) is 9.59 Å². The van der Waals surface area contributed by atoms with E-state index < -0.39 is 0 Å². The molecule has 26 heavy (non-hydrogen) atoms. The quantitative estimate of drug-likeness (QED) is 0.622. The third-order valence-electron chi connectivity index (χ3n) is 4.13. The van der Waals surface area contributed by atoms with E-state index in [4.69, 9.17) is 22.1 Å². The number of likely N-dealkylation sites (tertiary alicyclic amines) is 1. The van der Waals surface area contributed by atoms with E-state index in [0.29, 0.717) is 28.6 Å². The van der Waals surface area contributed by atoms with Crippen LogP contribution in [0.4, 0.5) is 5.69 Å². The predicted octanol–water partition coefficient (Wildman–Crippen LogP) is 1.71. The molecule has 2 amide bonds. The van der Waals surface area contributed by atoms with Crippen molar-refractivity contribution in [1.29, 1.82) is 0 Å². The molecular weight excluding hydrogens is 403 g/mol. The number of piperidine rings is 1. The first-order valence-electron chi connectivity index (χ1n) is 7.81. The summed E-state index contributed by atoms with van der Waals surface area (Å²) in [6, 6.07) is 3.12. The molecule has 2 rings (SSSR count). The van der Waals surface area contributed by atoms with Crippen LogP contribution in [0.15, 0.2) is 12.1 Å². The number of rotatable bonds is 5. The van der Waals surface area contributed by atoms with E-state index in [1.54, 1.807) is 13.1 Å². The molecule has 148 valence electrons. The van der Waals surface area contributed by atoms with Crippen LogP contribution in [0.1, 0.15) is 23.2 Å². The van der Waals surface area contributed by atoms with Crippen molar-refractivity contribution < 1.29 is 14.3 Å². The van der Waals surface area contributed by atoms with Crippen molar-refractivity contribution in [3.63, 3.8) is 0 Å². The van der Waals surface area contributed by atoms with Gasteiger partial charge in [-0.25, -0.2) is 0 Å². The van der Waals surface area contributed by atoms with Gasteiger partial charge in [0.05, 0.1) is 29.9 Å². The Morgan fingerprint density at radius 2 is 1.92 bits per heavy atom. The summed E-state index contributed by atoms with van der Waals surface area (Å²) in [6.07, 6.45) is 1.57. The molecule has 1 aromatic rings. The van der Waals surface area contributed by atoms with Crippen LogP contribution < -0.4 is 21.1 Å². The van der Waals surface area contributed by atoms with E-state index in [2.05, 4.69) is 15.5 Å². The highest BCUT2D eigenvalue weighted by atomic mass is 35.5. The number of benzene rings is 1. The van der Waals surface area contributed by atoms with Crippen molar-refractivity contribution >= 4 is 53.9 Å². The smallest absolute Gasteiger partial charge is 0.255 e. The molecule has 0 aliphatic carbocycles. The van der Waals surface area contributed by atoms with Crippen LogP contribution in [0.5, 0.6) is 5.75 Å². The maximum atomic E-state index is 12.5. The number of hydrogen-bond donors (Lipinski definition) is 3. The third-order valence-corrected chi connectivity index (χ3v) is 4.46. The van der Waals surface area contributed by atoms with Crippen LogP contribution in [-0.2, 0) is 4.79 Å². The number of nitrogens with one attached hydrogen (secondary N) is 2. The highest BCUT2D eigenvalue weighted by molar-refractivity contribution is 6.33. The number of nitrogens with zero attached hydrogens (tertiary/aromatic N) is 1. The summed E-state index contributed by atoms with van der Waals surface area (Å²) in [6.45, 7) is 1.91. The van der Waals surface area contributed by atoms with Crippen molar-refractivity contribution in [1.82, 2.24) is 15.5 Å². The Morgan fingerprint density at radius 1 is 1.31 bits per heavy atom. The number of halogens is 3. The van der Waals surface area contributed by atoms with E-state index in [0.717, 1.165) is 25.9 Å². The zero-order valence-electron chi connectivity index (χ0n) is 14.7. The molecule has 0 bridgehead atoms. The number of carbonyl (C=O) groups excluding carboxylic acids is 2. The molecule has 0 spiro atoms. The van der Waals surface area contributed by atoms with Gasteiger partial charge in [0.25, 0.3) is 5.91 Å². The lowest BCUT2D eigenvalue weighted by Crippen LogP contribution is -2.47. The Morgan fingerprint density at radius 3 is 2.46 bits per heavy atom. The number of likely N-dealkylation sites (N-methyl/N-ethyl adjacent to an activating group) is 1. The van der Waals surface area contributed by atoms with Gasteiger partial charge >= 0.3 is 0 Å². The Hall–Kier alpha value is -1.41. The summed E-state index contributed by atoms with van der Waals surface area (Å²) in [5.74, 6) is 0.156. The molecule has 1 aliphatic heterocycles. The number of amides is 2. The van der Waals surface area contributed by atoms with E-state index in [1.807, 2.05) is 0 Å². The summed E-state index contributed by atoms with van der Waals surface area (Å²) in [4.78, 5) is 26.0. The molecule has 10 heteroatoms. The number of nitrogens with two attached hydrogens (primary N) is 1. The fraction of sp³-hybridized carbons (Fsp3) is 0.500. The van der Waals surface area contributed by atoms with Crippen LogP contribution >= 0.6 is 36.4 Å². The first-order valence-corrected chi connectivity index (χ1v) is 8.19. The van der Waals surface area contributed by atoms with Crippen LogP contribution in [0.2, 0.25) is 5.02 Å². The Balaban J connectivity index is 0.00000312. The molecule has 0 atom stereocenters. The number of methoxy groups -OCH3 is 1. The zero-order valence-corrected chi connectivity index (χ0v) is 17.1. The SMILES string of the molecule is CNC(=O)CN1CCC(NC(=O)c2cc(Cl)c(N)cc2OC)CC1.Cl.Cl. The lowest BCUT2D eigenvalue weighted by Gasteiger charge is -2.31. The second-order valence-corrected chi connectivity index (χ2v) is 6.18. The topological polar surface area (TPSA) is 96.7 Å². The van der Waals surface area contributed by atoms with Gasteiger partial charge in [0, 0.05) is 32.2 Å². The van der Waals surface area contributed by atoms with Crippen LogP contribution in [0.3, 0.4) is 0 Å². The van der Waals surface area contributed by atoms with Crippen molar-refractivity contribution in [2.75, 3.05) is 39.5 Å². The monoisotopic (exact) mass is 426 g/mol. The molecule has 1 aromatic carbocycles. The summed E-state index contributed by atoms with van der Waals surface area (Å²) >= 11 is 6.01. The largest absolute Gasteiger partial charge is 0.496 e. The number of carbonyl (C=O) groups is 2. The maximum absolute atomic E-state index is 12.5. The van der Waals surface area contributed by atoms with Crippen molar-refractivity contribution in [2.45, 2.75) is 18.9 Å². The van der Waals surface area contributed by atoms with Crippen LogP contribution in [0, 0.1) is 0 Å². The normalized spacial score (nSPS) is 14.6. The highest BCUT2D eigenvalue weighted by Gasteiger charge is 2.23. The number of hydrogen-bond acceptors (Lipinski definition) is 5. The van der Waals surface area contributed by atoms with Gasteiger partial charge in [-0.2, -0.15) is 0 Å². The summed E-state index contributed by atoms with van der Waals surface area (Å²) in [5, 5.41) is 5.93. The lowest BCUT2D eigenvalue weighted by molar-refractivity contribution is -0.122. The molecule has 0 aromatic heterocycles. The molecule has 1 fully saturated rings. The fourth-order valence-corrected chi connectivity index (χ4v) is 2.86. The Labute approximate surface area is 170 Å². The molecule has 4 N–H and O–H groups in total. The average molecular weight is 428 g/mol. The van der Waals surface area contributed by atoms with Gasteiger partial charge in [0.2, 0.25) is 5.91 Å². The average Bonchev–Trinajstić information content (AvgIpc) is 2.58. The molecule has 1 saturated heterocycles. The minimum Gasteiger partial charge on any atom is -0.496 e. The summed E-state index contributed by atoms with van der Waals surface area (Å²) < 4.78 is 5.21. The van der Waals surface area contributed by atoms with Gasteiger partial charge in [-0.1, -0.05) is 11.6 Å². The molecule has 0 unspecified atom stereocenters. The molecule has 7 nitrogen and oxygen atoms in total. The van der Waals surface area contributed by atoms with E-state index in [1.165, 1.54) is 13.2 Å². The Bertz CT molecular complexity index is 623. The van der Waals surface area contributed by atoms with Crippen molar-refractivity contribution in [2.24, 2.45) is 0 Å². The summed E-state index contributed by atoms with van der Waals surface area (Å²) in [7, 11) is 3.11. The fourth-order valence-electron chi connectivity index (χ4n) is 2.70. The van der Waals surface area contributed by atoms with Crippen LogP contribution in [-0.4, -0.2) is 56.5 Å². The van der Waals surface area contributed by atoms with E-state index in [-0.39, 0.29) is 42.7 Å². The maximum Gasteiger partial charge on any atom is 0.255 e. The Kier molecular flexibility index (Phi) is 10.7. The van der Waals surface area contributed by atoms with E-state index >= 15 is 0 Å². The number of anilines is 1. The second-order valence-electron chi connectivity index (χ2n) is 5.77. The molecule has 1 heterocycles. The molecule has 1 aliphatic rings. The molecular formula is C16H25Cl3N4O3. The minimum atomic E-state index is -0.237. The van der Waals surface area contributed by atoms with Crippen molar-refractivity contribution in [3.8, 4) is 5.75 Å². The van der Waals surface area contributed by atoms with Gasteiger partial charge < -0.3 is 21.1 Å². The van der Waals surface area contributed by atoms with Gasteiger partial charge in [-0.3, -0.25) is 14.5 Å². The summed E-state index contributed by atoms with van der Waals surface area (Å²) in [5.41, 5.74) is 6.47. The number of ether oxygens (including phenoxy) is 1. The molecule has 0 radical (unpaired) electrons. The standard InChI is InChI=1S/C16H23ClN4O3.2ClH/c1-19-15(22)9-21-5-3-10(4-6-21)20-16(23)11-7-12(17)13(18)8-14(11)24-2;;/h7-8,10H,3-6,9,18H2,1-2H3,(H,19,22)(H,20,23);2*1H. The van der Waals surface area contributed by atoms with Gasteiger partial charge in [0.1, 0.15) is 5.75 Å². The molecule has 0 saturated carbocycles. The highest BCUT2D eigenvalue weighted by Crippen LogP contribution is 2.29. The minimum absolute atomic E-state index is 0. The van der Waals surface area contributed by atoms with Gasteiger partial charge in [-0.05, 0) is 18.9 Å². The van der Waals surface area contributed by atoms with Gasteiger partial charge in [-0.15, -0.1) is 24.8 Å². The second kappa shape index (κ2) is 11.3. The lowest BCUT2D eigenvalue weighted by atomic mass is 10.0. The predicted molar refractivity (Wildman–Crippen MR) is 108 cm³/mol.